The summed E-state index contributed by atoms with van der Waals surface area (Å²) in [6.07, 6.45) is 4.41. The molecule has 1 aromatic carbocycles. The Kier molecular flexibility index (Phi) is 5.00. The minimum atomic E-state index is -0.428. The van der Waals surface area contributed by atoms with Crippen LogP contribution in [0.15, 0.2) is 47.5 Å². The highest BCUT2D eigenvalue weighted by Crippen LogP contribution is 2.33. The molecule has 0 bridgehead atoms. The van der Waals surface area contributed by atoms with Crippen LogP contribution < -0.4 is 0 Å². The van der Waals surface area contributed by atoms with Gasteiger partial charge in [-0.1, -0.05) is 37.0 Å². The topological polar surface area (TPSA) is 68.4 Å². The van der Waals surface area contributed by atoms with Crippen molar-refractivity contribution >= 4 is 46.0 Å². The van der Waals surface area contributed by atoms with Gasteiger partial charge in [0, 0.05) is 30.6 Å². The molecule has 3 rings (SSSR count). The molecule has 0 atom stereocenters. The third kappa shape index (κ3) is 3.49. The molecule has 8 heteroatoms. The van der Waals surface area contributed by atoms with E-state index in [1.165, 1.54) is 23.9 Å². The number of hydrogen-bond acceptors (Lipinski definition) is 5. The maximum atomic E-state index is 12.5. The number of carbonyl (C=O) groups excluding carboxylic acids is 1. The van der Waals surface area contributed by atoms with E-state index >= 15 is 0 Å². The van der Waals surface area contributed by atoms with Gasteiger partial charge in [0.05, 0.1) is 15.5 Å². The van der Waals surface area contributed by atoms with Gasteiger partial charge in [-0.15, -0.1) is 0 Å². The van der Waals surface area contributed by atoms with Gasteiger partial charge in [0.1, 0.15) is 4.32 Å². The molecule has 0 radical (unpaired) electrons. The molecule has 25 heavy (non-hydrogen) atoms. The molecule has 2 heterocycles. The van der Waals surface area contributed by atoms with Crippen LogP contribution in [0.2, 0.25) is 0 Å². The summed E-state index contributed by atoms with van der Waals surface area (Å²) in [5.74, 6) is -0.0938. The van der Waals surface area contributed by atoms with Crippen LogP contribution in [0.3, 0.4) is 0 Å². The maximum Gasteiger partial charge on any atom is 0.271 e. The second-order valence-corrected chi connectivity index (χ2v) is 7.09. The molecule has 1 fully saturated rings. The summed E-state index contributed by atoms with van der Waals surface area (Å²) in [6.45, 7) is 2.60. The van der Waals surface area contributed by atoms with Gasteiger partial charge in [0.2, 0.25) is 0 Å². The zero-order valence-corrected chi connectivity index (χ0v) is 15.0. The zero-order chi connectivity index (χ0) is 18.0. The summed E-state index contributed by atoms with van der Waals surface area (Å²) >= 11 is 6.55. The van der Waals surface area contributed by atoms with Gasteiger partial charge in [0.15, 0.2) is 0 Å². The Morgan fingerprint density at radius 1 is 1.32 bits per heavy atom. The van der Waals surface area contributed by atoms with E-state index < -0.39 is 4.92 Å². The molecule has 128 valence electrons. The van der Waals surface area contributed by atoms with Crippen LogP contribution in [0.5, 0.6) is 0 Å². The second kappa shape index (κ2) is 7.20. The minimum Gasteiger partial charge on any atom is -0.317 e. The first-order valence-electron chi connectivity index (χ1n) is 7.69. The SMILES string of the molecule is CCCN1C(=O)C(=Cc2cccn2-c2cccc([N+](=O)[O-])c2)SC1=S. The number of aromatic nitrogens is 1. The molecule has 1 aromatic heterocycles. The standard InChI is InChI=1S/C17H15N3O3S2/c1-2-8-19-16(21)15(25-17(19)24)11-13-7-4-9-18(13)12-5-3-6-14(10-12)20(22)23/h3-7,9-11H,2,8H2,1H3. The third-order valence-electron chi connectivity index (χ3n) is 3.70. The molecular formula is C17H15N3O3S2. The average molecular weight is 373 g/mol. The normalized spacial score (nSPS) is 16.0. The highest BCUT2D eigenvalue weighted by atomic mass is 32.2. The quantitative estimate of drug-likeness (QED) is 0.343. The molecule has 1 saturated heterocycles. The van der Waals surface area contributed by atoms with E-state index in [0.717, 1.165) is 12.1 Å². The third-order valence-corrected chi connectivity index (χ3v) is 5.08. The van der Waals surface area contributed by atoms with E-state index in [-0.39, 0.29) is 11.6 Å². The number of carbonyl (C=O) groups is 1. The molecule has 0 spiro atoms. The number of thiocarbonyl (C=S) groups is 1. The van der Waals surface area contributed by atoms with Crippen LogP contribution in [-0.4, -0.2) is 31.2 Å². The van der Waals surface area contributed by atoms with Gasteiger partial charge in [-0.25, -0.2) is 0 Å². The Balaban J connectivity index is 1.95. The number of non-ortho nitro benzene ring substituents is 1. The Labute approximate surface area is 154 Å². The zero-order valence-electron chi connectivity index (χ0n) is 13.4. The lowest BCUT2D eigenvalue weighted by Crippen LogP contribution is -2.28. The molecule has 0 aliphatic carbocycles. The summed E-state index contributed by atoms with van der Waals surface area (Å²) in [5.41, 5.74) is 1.44. The van der Waals surface area contributed by atoms with Crippen molar-refractivity contribution in [3.05, 3.63) is 63.3 Å². The van der Waals surface area contributed by atoms with E-state index in [1.807, 2.05) is 19.1 Å². The van der Waals surface area contributed by atoms with Gasteiger partial charge < -0.3 is 4.57 Å². The van der Waals surface area contributed by atoms with Crippen molar-refractivity contribution in [3.8, 4) is 5.69 Å². The number of benzene rings is 1. The van der Waals surface area contributed by atoms with Gasteiger partial charge in [-0.05, 0) is 30.7 Å². The summed E-state index contributed by atoms with van der Waals surface area (Å²) in [6, 6.07) is 10.1. The molecule has 6 nitrogen and oxygen atoms in total. The summed E-state index contributed by atoms with van der Waals surface area (Å²) in [7, 11) is 0. The van der Waals surface area contributed by atoms with E-state index in [9.17, 15) is 14.9 Å². The second-order valence-electron chi connectivity index (χ2n) is 5.41. The van der Waals surface area contributed by atoms with Gasteiger partial charge >= 0.3 is 0 Å². The molecule has 0 unspecified atom stereocenters. The summed E-state index contributed by atoms with van der Waals surface area (Å²) in [4.78, 5) is 25.2. The molecule has 0 N–H and O–H groups in total. The first-order chi connectivity index (χ1) is 12.0. The van der Waals surface area contributed by atoms with Crippen molar-refractivity contribution in [3.63, 3.8) is 0 Å². The van der Waals surface area contributed by atoms with Crippen LogP contribution in [0.25, 0.3) is 11.8 Å². The molecule has 1 aliphatic rings. The number of hydrogen-bond donors (Lipinski definition) is 0. The number of nitro benzene ring substituents is 1. The monoisotopic (exact) mass is 373 g/mol. The van der Waals surface area contributed by atoms with Gasteiger partial charge in [-0.2, -0.15) is 0 Å². The average Bonchev–Trinajstić information content (AvgIpc) is 3.16. The van der Waals surface area contributed by atoms with Gasteiger partial charge in [0.25, 0.3) is 11.6 Å². The summed E-state index contributed by atoms with van der Waals surface area (Å²) < 4.78 is 2.37. The van der Waals surface area contributed by atoms with E-state index in [0.29, 0.717) is 21.5 Å². The van der Waals surface area contributed by atoms with Crippen LogP contribution >= 0.6 is 24.0 Å². The number of amides is 1. The molecule has 1 aliphatic heterocycles. The fourth-order valence-corrected chi connectivity index (χ4v) is 3.85. The molecule has 0 saturated carbocycles. The highest BCUT2D eigenvalue weighted by Gasteiger charge is 2.31. The fraction of sp³-hybridized carbons (Fsp3) is 0.176. The number of nitrogens with zero attached hydrogens (tertiary/aromatic N) is 3. The predicted octanol–water partition coefficient (Wildman–Crippen LogP) is 4.00. The molecular weight excluding hydrogens is 358 g/mol. The lowest BCUT2D eigenvalue weighted by molar-refractivity contribution is -0.384. The van der Waals surface area contributed by atoms with E-state index in [4.69, 9.17) is 12.2 Å². The molecule has 2 aromatic rings. The van der Waals surface area contributed by atoms with Crippen LogP contribution in [0, 0.1) is 10.1 Å². The van der Waals surface area contributed by atoms with Crippen LogP contribution in [0.1, 0.15) is 19.0 Å². The lowest BCUT2D eigenvalue weighted by atomic mass is 10.2. The van der Waals surface area contributed by atoms with Crippen molar-refractivity contribution in [2.45, 2.75) is 13.3 Å². The highest BCUT2D eigenvalue weighted by molar-refractivity contribution is 8.26. The van der Waals surface area contributed by atoms with Crippen molar-refractivity contribution in [2.24, 2.45) is 0 Å². The summed E-state index contributed by atoms with van der Waals surface area (Å²) in [5, 5.41) is 11.0. The Hall–Kier alpha value is -2.45. The Morgan fingerprint density at radius 3 is 2.84 bits per heavy atom. The van der Waals surface area contributed by atoms with Crippen LogP contribution in [-0.2, 0) is 4.79 Å². The predicted molar refractivity (Wildman–Crippen MR) is 103 cm³/mol. The van der Waals surface area contributed by atoms with Crippen molar-refractivity contribution < 1.29 is 9.72 Å². The van der Waals surface area contributed by atoms with E-state index in [1.54, 1.807) is 33.9 Å². The van der Waals surface area contributed by atoms with E-state index in [2.05, 4.69) is 0 Å². The van der Waals surface area contributed by atoms with Crippen molar-refractivity contribution in [1.82, 2.24) is 9.47 Å². The van der Waals surface area contributed by atoms with Crippen molar-refractivity contribution in [2.75, 3.05) is 6.54 Å². The largest absolute Gasteiger partial charge is 0.317 e. The molecule has 1 amide bonds. The number of rotatable bonds is 5. The minimum absolute atomic E-state index is 0.0198. The Morgan fingerprint density at radius 2 is 2.12 bits per heavy atom. The lowest BCUT2D eigenvalue weighted by Gasteiger charge is -2.12. The fourth-order valence-electron chi connectivity index (χ4n) is 2.55. The van der Waals surface area contributed by atoms with Crippen molar-refractivity contribution in [1.29, 1.82) is 0 Å². The number of thioether (sulfide) groups is 1. The van der Waals surface area contributed by atoms with Gasteiger partial charge in [-0.3, -0.25) is 19.8 Å². The Bertz CT molecular complexity index is 889. The van der Waals surface area contributed by atoms with Crippen LogP contribution in [0.4, 0.5) is 5.69 Å². The number of nitro groups is 1. The maximum absolute atomic E-state index is 12.5. The smallest absolute Gasteiger partial charge is 0.271 e. The first kappa shape index (κ1) is 17.4. The first-order valence-corrected chi connectivity index (χ1v) is 8.91.